The van der Waals surface area contributed by atoms with E-state index < -0.39 is 5.91 Å². The maximum absolute atomic E-state index is 13.2. The predicted molar refractivity (Wildman–Crippen MR) is 133 cm³/mol. The molecule has 0 spiro atoms. The number of anilines is 1. The Balaban J connectivity index is 1.34. The Morgan fingerprint density at radius 2 is 2.03 bits per heavy atom. The number of hydrogen-bond donors (Lipinski definition) is 2. The van der Waals surface area contributed by atoms with Crippen molar-refractivity contribution in [3.63, 3.8) is 0 Å². The van der Waals surface area contributed by atoms with E-state index in [4.69, 9.17) is 10.7 Å². The molecular formula is C25H22N10O. The molecule has 0 bridgehead atoms. The van der Waals surface area contributed by atoms with Crippen molar-refractivity contribution in [3.05, 3.63) is 78.3 Å². The van der Waals surface area contributed by atoms with Crippen molar-refractivity contribution >= 4 is 22.6 Å². The Labute approximate surface area is 206 Å². The van der Waals surface area contributed by atoms with E-state index >= 15 is 0 Å². The molecule has 0 atom stereocenters. The summed E-state index contributed by atoms with van der Waals surface area (Å²) in [6, 6.07) is 11.5. The first-order valence-electron chi connectivity index (χ1n) is 11.4. The third-order valence-corrected chi connectivity index (χ3v) is 6.08. The Morgan fingerprint density at radius 1 is 1.11 bits per heavy atom. The SMILES string of the molecule is Cn1ccc(-c2nc(N)c(C(=O)NCN3Cc4cncnc4C3)nc2-c2ccc3ncccc3c2)n1. The highest BCUT2D eigenvalue weighted by Crippen LogP contribution is 2.31. The second-order valence-electron chi connectivity index (χ2n) is 8.59. The predicted octanol–water partition coefficient (Wildman–Crippen LogP) is 2.17. The molecule has 0 saturated carbocycles. The van der Waals surface area contributed by atoms with Gasteiger partial charge in [-0.25, -0.2) is 19.9 Å². The van der Waals surface area contributed by atoms with Crippen LogP contribution in [-0.2, 0) is 20.1 Å². The van der Waals surface area contributed by atoms with Crippen LogP contribution in [0.25, 0.3) is 33.5 Å². The molecule has 4 aromatic heterocycles. The van der Waals surface area contributed by atoms with E-state index in [0.29, 0.717) is 36.8 Å². The van der Waals surface area contributed by atoms with Gasteiger partial charge in [-0.1, -0.05) is 12.1 Å². The van der Waals surface area contributed by atoms with Crippen LogP contribution in [0.3, 0.4) is 0 Å². The topological polar surface area (TPSA) is 141 Å². The number of benzene rings is 1. The average molecular weight is 479 g/mol. The number of carbonyl (C=O) groups is 1. The fourth-order valence-corrected chi connectivity index (χ4v) is 4.31. The molecule has 6 rings (SSSR count). The van der Waals surface area contributed by atoms with Crippen molar-refractivity contribution in [2.45, 2.75) is 13.1 Å². The van der Waals surface area contributed by atoms with Crippen LogP contribution in [0.5, 0.6) is 0 Å². The smallest absolute Gasteiger partial charge is 0.274 e. The molecule has 0 saturated heterocycles. The van der Waals surface area contributed by atoms with Gasteiger partial charge in [-0.3, -0.25) is 19.4 Å². The lowest BCUT2D eigenvalue weighted by molar-refractivity contribution is 0.0917. The van der Waals surface area contributed by atoms with Gasteiger partial charge >= 0.3 is 0 Å². The standard InChI is InChI=1S/C25H22N10O/c1-34-8-6-19(33-34)22-21(16-4-5-18-15(9-16)3-2-7-28-18)31-23(24(26)32-22)25(36)30-14-35-11-17-10-27-13-29-20(17)12-35/h2-10,13H,11-12,14H2,1H3,(H2,26,32)(H,30,36). The minimum Gasteiger partial charge on any atom is -0.382 e. The number of rotatable bonds is 5. The van der Waals surface area contributed by atoms with E-state index in [1.165, 1.54) is 6.33 Å². The van der Waals surface area contributed by atoms with Gasteiger partial charge in [0, 0.05) is 55.2 Å². The maximum atomic E-state index is 13.2. The van der Waals surface area contributed by atoms with Crippen molar-refractivity contribution in [1.82, 2.24) is 44.9 Å². The van der Waals surface area contributed by atoms with Gasteiger partial charge in [0.25, 0.3) is 5.91 Å². The number of fused-ring (bicyclic) bond motifs is 2. The summed E-state index contributed by atoms with van der Waals surface area (Å²) in [5.74, 6) is -0.367. The number of nitrogens with two attached hydrogens (primary N) is 1. The summed E-state index contributed by atoms with van der Waals surface area (Å²) in [7, 11) is 1.83. The Morgan fingerprint density at radius 3 is 2.86 bits per heavy atom. The molecule has 1 amide bonds. The third kappa shape index (κ3) is 4.01. The molecule has 3 N–H and O–H groups in total. The first kappa shape index (κ1) is 21.7. The normalized spacial score (nSPS) is 13.1. The van der Waals surface area contributed by atoms with E-state index in [1.54, 1.807) is 17.1 Å². The quantitative estimate of drug-likeness (QED) is 0.389. The summed E-state index contributed by atoms with van der Waals surface area (Å²) in [5, 5.41) is 8.34. The van der Waals surface area contributed by atoms with Crippen LogP contribution in [0.15, 0.2) is 61.3 Å². The monoisotopic (exact) mass is 478 g/mol. The van der Waals surface area contributed by atoms with Crippen molar-refractivity contribution in [1.29, 1.82) is 0 Å². The van der Waals surface area contributed by atoms with Gasteiger partial charge in [0.05, 0.1) is 23.6 Å². The van der Waals surface area contributed by atoms with Crippen molar-refractivity contribution in [2.24, 2.45) is 7.05 Å². The number of nitrogens with one attached hydrogen (secondary N) is 1. The second-order valence-corrected chi connectivity index (χ2v) is 8.59. The number of aromatic nitrogens is 7. The Bertz CT molecular complexity index is 1590. The molecule has 11 heteroatoms. The molecule has 1 aromatic carbocycles. The molecule has 0 aliphatic carbocycles. The first-order valence-corrected chi connectivity index (χ1v) is 11.4. The van der Waals surface area contributed by atoms with E-state index in [2.05, 4.69) is 35.3 Å². The number of carbonyl (C=O) groups excluding carboxylic acids is 1. The molecule has 1 aliphatic rings. The zero-order chi connectivity index (χ0) is 24.6. The first-order chi connectivity index (χ1) is 17.5. The minimum absolute atomic E-state index is 0.0370. The average Bonchev–Trinajstić information content (AvgIpc) is 3.52. The Hall–Kier alpha value is -4.77. The number of aryl methyl sites for hydroxylation is 1. The second kappa shape index (κ2) is 8.78. The van der Waals surface area contributed by atoms with Crippen LogP contribution in [0.2, 0.25) is 0 Å². The lowest BCUT2D eigenvalue weighted by atomic mass is 10.0. The number of pyridine rings is 1. The van der Waals surface area contributed by atoms with Crippen LogP contribution >= 0.6 is 0 Å². The van der Waals surface area contributed by atoms with Gasteiger partial charge in [-0.05, 0) is 24.3 Å². The van der Waals surface area contributed by atoms with Crippen LogP contribution in [0, 0.1) is 0 Å². The summed E-state index contributed by atoms with van der Waals surface area (Å²) in [6.07, 6.45) is 6.90. The maximum Gasteiger partial charge on any atom is 0.274 e. The van der Waals surface area contributed by atoms with E-state index in [-0.39, 0.29) is 11.5 Å². The minimum atomic E-state index is -0.404. The number of hydrogen-bond acceptors (Lipinski definition) is 9. The van der Waals surface area contributed by atoms with Gasteiger partial charge < -0.3 is 11.1 Å². The zero-order valence-electron chi connectivity index (χ0n) is 19.5. The van der Waals surface area contributed by atoms with Crippen molar-refractivity contribution < 1.29 is 4.79 Å². The molecule has 11 nitrogen and oxygen atoms in total. The highest BCUT2D eigenvalue weighted by molar-refractivity contribution is 5.98. The fourth-order valence-electron chi connectivity index (χ4n) is 4.31. The van der Waals surface area contributed by atoms with Gasteiger partial charge in [-0.15, -0.1) is 0 Å². The van der Waals surface area contributed by atoms with E-state index in [9.17, 15) is 4.79 Å². The summed E-state index contributed by atoms with van der Waals surface area (Å²) in [4.78, 5) is 37.3. The molecule has 1 aliphatic heterocycles. The molecule has 5 aromatic rings. The van der Waals surface area contributed by atoms with E-state index in [1.807, 2.05) is 49.6 Å². The lowest BCUT2D eigenvalue weighted by Gasteiger charge is -2.16. The number of amides is 1. The highest BCUT2D eigenvalue weighted by atomic mass is 16.2. The molecule has 0 unspecified atom stereocenters. The largest absolute Gasteiger partial charge is 0.382 e. The van der Waals surface area contributed by atoms with E-state index in [0.717, 1.165) is 27.7 Å². The van der Waals surface area contributed by atoms with Gasteiger partial charge in [0.15, 0.2) is 11.5 Å². The lowest BCUT2D eigenvalue weighted by Crippen LogP contribution is -2.35. The molecule has 178 valence electrons. The Kier molecular flexibility index (Phi) is 5.30. The zero-order valence-corrected chi connectivity index (χ0v) is 19.5. The molecule has 5 heterocycles. The summed E-state index contributed by atoms with van der Waals surface area (Å²) < 4.78 is 1.68. The van der Waals surface area contributed by atoms with Gasteiger partial charge in [0.1, 0.15) is 17.7 Å². The molecule has 0 fully saturated rings. The summed E-state index contributed by atoms with van der Waals surface area (Å²) in [6.45, 7) is 1.61. The van der Waals surface area contributed by atoms with Crippen LogP contribution < -0.4 is 11.1 Å². The summed E-state index contributed by atoms with van der Waals surface area (Å²) in [5.41, 5.74) is 11.6. The molecular weight excluding hydrogens is 456 g/mol. The highest BCUT2D eigenvalue weighted by Gasteiger charge is 2.24. The number of nitrogens with zero attached hydrogens (tertiary/aromatic N) is 8. The van der Waals surface area contributed by atoms with Crippen molar-refractivity contribution in [2.75, 3.05) is 12.4 Å². The summed E-state index contributed by atoms with van der Waals surface area (Å²) >= 11 is 0. The molecule has 0 radical (unpaired) electrons. The molecule has 36 heavy (non-hydrogen) atoms. The van der Waals surface area contributed by atoms with Crippen LogP contribution in [0.4, 0.5) is 5.82 Å². The van der Waals surface area contributed by atoms with Crippen LogP contribution in [-0.4, -0.2) is 52.2 Å². The van der Waals surface area contributed by atoms with Gasteiger partial charge in [-0.2, -0.15) is 5.10 Å². The van der Waals surface area contributed by atoms with Crippen LogP contribution in [0.1, 0.15) is 21.7 Å². The fraction of sp³-hybridized carbons (Fsp3) is 0.160. The number of nitrogen functional groups attached to an aromatic ring is 1. The third-order valence-electron chi connectivity index (χ3n) is 6.08. The van der Waals surface area contributed by atoms with Gasteiger partial charge in [0.2, 0.25) is 0 Å². The van der Waals surface area contributed by atoms with Crippen molar-refractivity contribution in [3.8, 4) is 22.6 Å².